The average Bonchev–Trinajstić information content (AvgIpc) is 2.62. The number of hydrogen-bond donors (Lipinski definition) is 1. The number of hydrazone groups is 1. The smallest absolute Gasteiger partial charge is 0.387 e. The Morgan fingerprint density at radius 1 is 1.28 bits per heavy atom. The Kier molecular flexibility index (Phi) is 7.13. The molecule has 1 aromatic rings. The molecule has 0 amide bonds. The third-order valence-corrected chi connectivity index (χ3v) is 4.32. The molecule has 1 aromatic carbocycles. The van der Waals surface area contributed by atoms with Gasteiger partial charge in [-0.2, -0.15) is 13.9 Å². The molecule has 0 saturated carbocycles. The molecule has 0 aromatic heterocycles. The summed E-state index contributed by atoms with van der Waals surface area (Å²) >= 11 is 0. The molecule has 2 rings (SSSR count). The Morgan fingerprint density at radius 2 is 1.96 bits per heavy atom. The van der Waals surface area contributed by atoms with Crippen LogP contribution in [0, 0.1) is 0 Å². The zero-order chi connectivity index (χ0) is 18.4. The third-order valence-electron chi connectivity index (χ3n) is 4.32. The summed E-state index contributed by atoms with van der Waals surface area (Å²) in [6.45, 7) is 8.10. The van der Waals surface area contributed by atoms with Crippen molar-refractivity contribution >= 4 is 5.71 Å². The molecule has 1 N–H and O–H groups in total. The number of nitrogens with one attached hydrogen (secondary N) is 1. The number of alkyl halides is 2. The van der Waals surface area contributed by atoms with E-state index in [4.69, 9.17) is 0 Å². The second-order valence-corrected chi connectivity index (χ2v) is 6.43. The van der Waals surface area contributed by atoms with E-state index in [9.17, 15) is 8.78 Å². The Balaban J connectivity index is 2.09. The van der Waals surface area contributed by atoms with E-state index in [0.29, 0.717) is 0 Å². The van der Waals surface area contributed by atoms with Crippen LogP contribution in [0.2, 0.25) is 0 Å². The van der Waals surface area contributed by atoms with Gasteiger partial charge in [-0.3, -0.25) is 10.4 Å². The van der Waals surface area contributed by atoms with Gasteiger partial charge in [-0.05, 0) is 45.4 Å². The van der Waals surface area contributed by atoms with E-state index in [1.54, 1.807) is 12.1 Å². The molecule has 1 aliphatic rings. The van der Waals surface area contributed by atoms with Crippen LogP contribution < -0.4 is 10.2 Å². The molecule has 0 spiro atoms. The molecular formula is C18H28F2N4O. The summed E-state index contributed by atoms with van der Waals surface area (Å²) in [5, 5.41) is 8.94. The van der Waals surface area contributed by atoms with Gasteiger partial charge in [0, 0.05) is 37.3 Å². The number of benzene rings is 1. The van der Waals surface area contributed by atoms with Crippen LogP contribution in [0.4, 0.5) is 8.78 Å². The Hall–Kier alpha value is -1.73. The van der Waals surface area contributed by atoms with Crippen molar-refractivity contribution in [1.29, 1.82) is 0 Å². The first kappa shape index (κ1) is 19.6. The van der Waals surface area contributed by atoms with Crippen molar-refractivity contribution in [3.8, 4) is 5.75 Å². The van der Waals surface area contributed by atoms with Gasteiger partial charge in [-0.1, -0.05) is 12.1 Å². The maximum atomic E-state index is 12.3. The molecule has 0 fully saturated rings. The molecule has 5 nitrogen and oxygen atoms in total. The lowest BCUT2D eigenvalue weighted by molar-refractivity contribution is -0.0498. The minimum Gasteiger partial charge on any atom is -0.435 e. The highest BCUT2D eigenvalue weighted by molar-refractivity contribution is 5.82. The lowest BCUT2D eigenvalue weighted by Gasteiger charge is -2.33. The molecule has 0 bridgehead atoms. The first-order valence-corrected chi connectivity index (χ1v) is 8.75. The van der Waals surface area contributed by atoms with Gasteiger partial charge in [0.1, 0.15) is 5.75 Å². The van der Waals surface area contributed by atoms with Crippen molar-refractivity contribution < 1.29 is 13.5 Å². The lowest BCUT2D eigenvalue weighted by atomic mass is 10.1. The van der Waals surface area contributed by atoms with Crippen molar-refractivity contribution in [2.75, 3.05) is 19.6 Å². The van der Waals surface area contributed by atoms with E-state index in [2.05, 4.69) is 53.0 Å². The Bertz CT molecular complexity index is 565. The number of ether oxygens (including phenoxy) is 1. The van der Waals surface area contributed by atoms with E-state index in [-0.39, 0.29) is 17.8 Å². The molecule has 25 heavy (non-hydrogen) atoms. The maximum absolute atomic E-state index is 12.3. The molecule has 1 aliphatic heterocycles. The van der Waals surface area contributed by atoms with Crippen LogP contribution in [-0.4, -0.2) is 48.0 Å². The van der Waals surface area contributed by atoms with Crippen LogP contribution >= 0.6 is 0 Å². The largest absolute Gasteiger partial charge is 0.435 e. The van der Waals surface area contributed by atoms with Crippen LogP contribution in [0.3, 0.4) is 0 Å². The fraction of sp³-hybridized carbons (Fsp3) is 0.611. The molecule has 140 valence electrons. The quantitative estimate of drug-likeness (QED) is 0.876. The number of hydrogen-bond acceptors (Lipinski definition) is 5. The molecule has 0 radical (unpaired) electrons. The van der Waals surface area contributed by atoms with Gasteiger partial charge < -0.3 is 4.74 Å². The van der Waals surface area contributed by atoms with Crippen LogP contribution in [0.15, 0.2) is 29.4 Å². The first-order valence-electron chi connectivity index (χ1n) is 8.75. The van der Waals surface area contributed by atoms with Crippen molar-refractivity contribution in [2.45, 2.75) is 52.8 Å². The van der Waals surface area contributed by atoms with Gasteiger partial charge in [-0.15, -0.1) is 0 Å². The number of nitrogens with zero attached hydrogens (tertiary/aromatic N) is 3. The standard InChI is InChI=1S/C18H28F2N4O/c1-5-23-10-11-24(22-14(3)12-13(2)21-23)15(4)16-6-8-17(9-7-16)25-18(19)20/h6-9,14-15,18,22H,5,10-12H2,1-4H3/t14-,15?/m1/s1. The number of rotatable bonds is 5. The monoisotopic (exact) mass is 354 g/mol. The topological polar surface area (TPSA) is 40.1 Å². The summed E-state index contributed by atoms with van der Waals surface area (Å²) in [6.07, 6.45) is 0.876. The molecule has 0 aliphatic carbocycles. The maximum Gasteiger partial charge on any atom is 0.387 e. The summed E-state index contributed by atoms with van der Waals surface area (Å²) in [4.78, 5) is 0. The molecule has 7 heteroatoms. The SMILES string of the molecule is CCN1CCN(C(C)c2ccc(OC(F)F)cc2)N[C@H](C)CC(C)=N1. The summed E-state index contributed by atoms with van der Waals surface area (Å²) in [5.74, 6) is 0.179. The van der Waals surface area contributed by atoms with E-state index in [0.717, 1.165) is 37.3 Å². The molecule has 1 unspecified atom stereocenters. The Morgan fingerprint density at radius 3 is 2.56 bits per heavy atom. The number of likely N-dealkylation sites (N-methyl/N-ethyl adjacent to an activating group) is 1. The van der Waals surface area contributed by atoms with Gasteiger partial charge >= 0.3 is 6.61 Å². The van der Waals surface area contributed by atoms with Crippen LogP contribution in [0.1, 0.15) is 45.7 Å². The summed E-state index contributed by atoms with van der Waals surface area (Å²) < 4.78 is 29.0. The molecule has 0 saturated heterocycles. The Labute approximate surface area is 148 Å². The predicted molar refractivity (Wildman–Crippen MR) is 95.8 cm³/mol. The van der Waals surface area contributed by atoms with E-state index in [1.807, 2.05) is 12.1 Å². The minimum absolute atomic E-state index is 0.0974. The van der Waals surface area contributed by atoms with Crippen LogP contribution in [0.25, 0.3) is 0 Å². The van der Waals surface area contributed by atoms with Crippen molar-refractivity contribution in [1.82, 2.24) is 15.4 Å². The van der Waals surface area contributed by atoms with E-state index >= 15 is 0 Å². The molecular weight excluding hydrogens is 326 g/mol. The van der Waals surface area contributed by atoms with Crippen molar-refractivity contribution in [3.63, 3.8) is 0 Å². The zero-order valence-electron chi connectivity index (χ0n) is 15.4. The summed E-state index contributed by atoms with van der Waals surface area (Å²) in [7, 11) is 0. The molecule has 1 heterocycles. The van der Waals surface area contributed by atoms with Gasteiger partial charge in [0.2, 0.25) is 0 Å². The highest BCUT2D eigenvalue weighted by atomic mass is 19.3. The minimum atomic E-state index is -2.80. The van der Waals surface area contributed by atoms with Gasteiger partial charge in [-0.25, -0.2) is 5.01 Å². The normalized spacial score (nSPS) is 21.3. The fourth-order valence-electron chi connectivity index (χ4n) is 3.03. The van der Waals surface area contributed by atoms with Gasteiger partial charge in [0.15, 0.2) is 0 Å². The summed E-state index contributed by atoms with van der Waals surface area (Å²) in [5.41, 5.74) is 5.71. The number of hydrazine groups is 1. The van der Waals surface area contributed by atoms with Crippen LogP contribution in [-0.2, 0) is 0 Å². The predicted octanol–water partition coefficient (Wildman–Crippen LogP) is 3.65. The second-order valence-electron chi connectivity index (χ2n) is 6.43. The highest BCUT2D eigenvalue weighted by Gasteiger charge is 2.20. The first-order chi connectivity index (χ1) is 11.9. The van der Waals surface area contributed by atoms with Crippen molar-refractivity contribution in [3.05, 3.63) is 29.8 Å². The molecule has 2 atom stereocenters. The average molecular weight is 354 g/mol. The summed E-state index contributed by atoms with van der Waals surface area (Å²) in [6, 6.07) is 7.21. The highest BCUT2D eigenvalue weighted by Crippen LogP contribution is 2.23. The number of halogens is 2. The van der Waals surface area contributed by atoms with Crippen LogP contribution in [0.5, 0.6) is 5.75 Å². The second kappa shape index (κ2) is 9.10. The van der Waals surface area contributed by atoms with E-state index < -0.39 is 6.61 Å². The lowest BCUT2D eigenvalue weighted by Crippen LogP contribution is -2.47. The van der Waals surface area contributed by atoms with Gasteiger partial charge in [0.25, 0.3) is 0 Å². The zero-order valence-corrected chi connectivity index (χ0v) is 15.4. The third kappa shape index (κ3) is 5.93. The van der Waals surface area contributed by atoms with Crippen molar-refractivity contribution in [2.24, 2.45) is 5.10 Å². The fourth-order valence-corrected chi connectivity index (χ4v) is 3.03. The van der Waals surface area contributed by atoms with E-state index in [1.165, 1.54) is 0 Å². The van der Waals surface area contributed by atoms with Gasteiger partial charge in [0.05, 0.1) is 6.54 Å².